The molecule has 3 nitrogen and oxygen atoms in total. The lowest BCUT2D eigenvalue weighted by Gasteiger charge is -2.25. The second kappa shape index (κ2) is 7.11. The van der Waals surface area contributed by atoms with Crippen LogP contribution < -0.4 is 0 Å². The molecule has 0 saturated heterocycles. The Balaban J connectivity index is 3.12. The first-order valence-electron chi connectivity index (χ1n) is 6.28. The van der Waals surface area contributed by atoms with Crippen molar-refractivity contribution >= 4 is 26.0 Å². The van der Waals surface area contributed by atoms with E-state index in [4.69, 9.17) is 0 Å². The molecule has 120 valence electrons. The molecule has 0 spiro atoms. The van der Waals surface area contributed by atoms with E-state index in [0.29, 0.717) is 9.64 Å². The van der Waals surface area contributed by atoms with Crippen LogP contribution in [0.3, 0.4) is 0 Å². The number of sulfonamides is 1. The van der Waals surface area contributed by atoms with E-state index in [9.17, 15) is 21.6 Å². The maximum atomic E-state index is 12.6. The number of alkyl halides is 4. The number of benzene rings is 1. The summed E-state index contributed by atoms with van der Waals surface area (Å²) in [5.41, 5.74) is 0.847. The Morgan fingerprint density at radius 2 is 1.71 bits per heavy atom. The third-order valence-electron chi connectivity index (χ3n) is 2.64. The molecule has 1 aromatic rings. The highest BCUT2D eigenvalue weighted by molar-refractivity contribution is 9.08. The second-order valence-corrected chi connectivity index (χ2v) is 7.58. The summed E-state index contributed by atoms with van der Waals surface area (Å²) >= 11 is 3.23. The Morgan fingerprint density at radius 1 is 1.19 bits per heavy atom. The first-order chi connectivity index (χ1) is 9.56. The maximum absolute atomic E-state index is 12.6. The zero-order valence-electron chi connectivity index (χ0n) is 11.7. The molecule has 0 heterocycles. The molecule has 0 radical (unpaired) electrons. The van der Waals surface area contributed by atoms with Gasteiger partial charge in [0.25, 0.3) is 0 Å². The SMILES string of the molecule is CC(C)CN(CC(F)(F)F)S(=O)(=O)c1ccc(CBr)cc1. The van der Waals surface area contributed by atoms with Gasteiger partial charge in [-0.1, -0.05) is 41.9 Å². The minimum Gasteiger partial charge on any atom is -0.207 e. The molecule has 0 atom stereocenters. The molecule has 0 N–H and O–H groups in total. The lowest BCUT2D eigenvalue weighted by Crippen LogP contribution is -2.41. The van der Waals surface area contributed by atoms with E-state index < -0.39 is 22.7 Å². The molecule has 0 aliphatic carbocycles. The zero-order valence-corrected chi connectivity index (χ0v) is 14.1. The van der Waals surface area contributed by atoms with Gasteiger partial charge in [0, 0.05) is 11.9 Å². The molecular formula is C13H17BrF3NO2S. The predicted octanol–water partition coefficient (Wildman–Crippen LogP) is 3.79. The fraction of sp³-hybridized carbons (Fsp3) is 0.538. The van der Waals surface area contributed by atoms with Gasteiger partial charge in [-0.25, -0.2) is 8.42 Å². The van der Waals surface area contributed by atoms with Crippen LogP contribution in [0.25, 0.3) is 0 Å². The van der Waals surface area contributed by atoms with Crippen molar-refractivity contribution in [3.8, 4) is 0 Å². The normalized spacial score (nSPS) is 13.1. The van der Waals surface area contributed by atoms with Crippen molar-refractivity contribution in [2.75, 3.05) is 13.1 Å². The van der Waals surface area contributed by atoms with Gasteiger partial charge in [0.05, 0.1) is 4.90 Å². The standard InChI is InChI=1S/C13H17BrF3NO2S/c1-10(2)8-18(9-13(15,16)17)21(19,20)12-5-3-11(7-14)4-6-12/h3-6,10H,7-9H2,1-2H3. The molecule has 21 heavy (non-hydrogen) atoms. The van der Waals surface area contributed by atoms with E-state index in [0.717, 1.165) is 5.56 Å². The smallest absolute Gasteiger partial charge is 0.207 e. The van der Waals surface area contributed by atoms with Gasteiger partial charge < -0.3 is 0 Å². The van der Waals surface area contributed by atoms with Crippen molar-refractivity contribution < 1.29 is 21.6 Å². The maximum Gasteiger partial charge on any atom is 0.402 e. The first-order valence-corrected chi connectivity index (χ1v) is 8.84. The van der Waals surface area contributed by atoms with Gasteiger partial charge in [-0.05, 0) is 23.6 Å². The first kappa shape index (κ1) is 18.4. The molecule has 8 heteroatoms. The Morgan fingerprint density at radius 3 is 2.10 bits per heavy atom. The van der Waals surface area contributed by atoms with Crippen molar-refractivity contribution in [2.24, 2.45) is 5.92 Å². The lowest BCUT2D eigenvalue weighted by molar-refractivity contribution is -0.136. The monoisotopic (exact) mass is 387 g/mol. The second-order valence-electron chi connectivity index (χ2n) is 5.08. The van der Waals surface area contributed by atoms with Crippen LogP contribution in [0.4, 0.5) is 13.2 Å². The number of nitrogens with zero attached hydrogens (tertiary/aromatic N) is 1. The highest BCUT2D eigenvalue weighted by atomic mass is 79.9. The minimum absolute atomic E-state index is 0.128. The van der Waals surface area contributed by atoms with Crippen LogP contribution in [0.2, 0.25) is 0 Å². The summed E-state index contributed by atoms with van der Waals surface area (Å²) in [6.45, 7) is 1.69. The largest absolute Gasteiger partial charge is 0.402 e. The summed E-state index contributed by atoms with van der Waals surface area (Å²) in [7, 11) is -4.16. The summed E-state index contributed by atoms with van der Waals surface area (Å²) in [5, 5.41) is 0.547. The van der Waals surface area contributed by atoms with E-state index in [1.807, 2.05) is 0 Å². The highest BCUT2D eigenvalue weighted by Gasteiger charge is 2.37. The predicted molar refractivity (Wildman–Crippen MR) is 78.7 cm³/mol. The molecule has 0 saturated carbocycles. The molecule has 0 unspecified atom stereocenters. The van der Waals surface area contributed by atoms with Gasteiger partial charge >= 0.3 is 6.18 Å². The van der Waals surface area contributed by atoms with Gasteiger partial charge in [-0.2, -0.15) is 17.5 Å². The molecule has 0 bridgehead atoms. The van der Waals surface area contributed by atoms with Gasteiger partial charge in [0.2, 0.25) is 10.0 Å². The van der Waals surface area contributed by atoms with Crippen molar-refractivity contribution in [3.05, 3.63) is 29.8 Å². The van der Waals surface area contributed by atoms with E-state index >= 15 is 0 Å². The zero-order chi connectivity index (χ0) is 16.3. The van der Waals surface area contributed by atoms with Crippen molar-refractivity contribution in [3.63, 3.8) is 0 Å². The van der Waals surface area contributed by atoms with Crippen LogP contribution in [-0.4, -0.2) is 32.0 Å². The molecule has 0 aromatic heterocycles. The fourth-order valence-electron chi connectivity index (χ4n) is 1.75. The van der Waals surface area contributed by atoms with E-state index in [1.165, 1.54) is 12.1 Å². The summed E-state index contributed by atoms with van der Waals surface area (Å²) in [6, 6.07) is 5.80. The number of halogens is 4. The highest BCUT2D eigenvalue weighted by Crippen LogP contribution is 2.24. The van der Waals surface area contributed by atoms with E-state index in [2.05, 4.69) is 15.9 Å². The lowest BCUT2D eigenvalue weighted by atomic mass is 10.2. The summed E-state index contributed by atoms with van der Waals surface area (Å²) in [6.07, 6.45) is -4.57. The van der Waals surface area contributed by atoms with Gasteiger partial charge in [-0.15, -0.1) is 0 Å². The van der Waals surface area contributed by atoms with Crippen LogP contribution in [-0.2, 0) is 15.4 Å². The minimum atomic E-state index is -4.57. The van der Waals surface area contributed by atoms with Crippen LogP contribution in [0.1, 0.15) is 19.4 Å². The topological polar surface area (TPSA) is 37.4 Å². The van der Waals surface area contributed by atoms with Gasteiger partial charge in [0.15, 0.2) is 0 Å². The summed E-state index contributed by atoms with van der Waals surface area (Å²) in [5.74, 6) is -0.205. The third-order valence-corrected chi connectivity index (χ3v) is 5.11. The Labute approximate surface area is 131 Å². The third kappa shape index (κ3) is 5.60. The van der Waals surface area contributed by atoms with Crippen LogP contribution >= 0.6 is 15.9 Å². The Bertz CT molecular complexity index is 556. The quantitative estimate of drug-likeness (QED) is 0.696. The average Bonchev–Trinajstić information content (AvgIpc) is 2.36. The van der Waals surface area contributed by atoms with E-state index in [-0.39, 0.29) is 17.4 Å². The van der Waals surface area contributed by atoms with Crippen LogP contribution in [0, 0.1) is 5.92 Å². The molecule has 0 aliphatic rings. The van der Waals surface area contributed by atoms with E-state index in [1.54, 1.807) is 26.0 Å². The Kier molecular flexibility index (Phi) is 6.24. The summed E-state index contributed by atoms with van der Waals surface area (Å²) in [4.78, 5) is -0.128. The molecular weight excluding hydrogens is 371 g/mol. The Hall–Kier alpha value is -0.600. The molecule has 1 aromatic carbocycles. The summed E-state index contributed by atoms with van der Waals surface area (Å²) < 4.78 is 63.0. The van der Waals surface area contributed by atoms with Crippen molar-refractivity contribution in [2.45, 2.75) is 30.2 Å². The van der Waals surface area contributed by atoms with Crippen LogP contribution in [0.15, 0.2) is 29.2 Å². The number of hydrogen-bond donors (Lipinski definition) is 0. The van der Waals surface area contributed by atoms with Crippen molar-refractivity contribution in [1.29, 1.82) is 0 Å². The number of rotatable bonds is 6. The molecule has 1 rings (SSSR count). The fourth-order valence-corrected chi connectivity index (χ4v) is 3.72. The molecule has 0 aliphatic heterocycles. The average molecular weight is 388 g/mol. The van der Waals surface area contributed by atoms with Crippen molar-refractivity contribution in [1.82, 2.24) is 4.31 Å². The van der Waals surface area contributed by atoms with Gasteiger partial charge in [0.1, 0.15) is 6.54 Å². The van der Waals surface area contributed by atoms with Gasteiger partial charge in [-0.3, -0.25) is 0 Å². The molecule has 0 fully saturated rings. The molecule has 0 amide bonds. The number of hydrogen-bond acceptors (Lipinski definition) is 2. The van der Waals surface area contributed by atoms with Crippen LogP contribution in [0.5, 0.6) is 0 Å².